The Morgan fingerprint density at radius 2 is 2.21 bits per heavy atom. The number of hydrogen-bond acceptors (Lipinski definition) is 6. The lowest BCUT2D eigenvalue weighted by Crippen LogP contribution is -2.34. The second-order valence-electron chi connectivity index (χ2n) is 5.79. The molecule has 1 atom stereocenters. The van der Waals surface area contributed by atoms with Crippen LogP contribution in [0, 0.1) is 6.92 Å². The van der Waals surface area contributed by atoms with Crippen LogP contribution >= 0.6 is 11.5 Å². The minimum Gasteiger partial charge on any atom is -0.452 e. The van der Waals surface area contributed by atoms with Gasteiger partial charge in [-0.3, -0.25) is 4.79 Å². The number of ether oxygens (including phenoxy) is 1. The van der Waals surface area contributed by atoms with Gasteiger partial charge >= 0.3 is 5.97 Å². The number of rotatable bonds is 4. The van der Waals surface area contributed by atoms with E-state index in [0.29, 0.717) is 10.7 Å². The predicted molar refractivity (Wildman–Crippen MR) is 91.8 cm³/mol. The van der Waals surface area contributed by atoms with E-state index in [2.05, 4.69) is 15.8 Å². The van der Waals surface area contributed by atoms with E-state index in [1.807, 2.05) is 18.2 Å². The van der Waals surface area contributed by atoms with Crippen molar-refractivity contribution in [1.29, 1.82) is 0 Å². The highest BCUT2D eigenvalue weighted by atomic mass is 32.1. The van der Waals surface area contributed by atoms with Gasteiger partial charge in [0, 0.05) is 0 Å². The number of nitrogens with two attached hydrogens (primary N) is 1. The van der Waals surface area contributed by atoms with Gasteiger partial charge in [0.15, 0.2) is 6.61 Å². The molecule has 0 aliphatic heterocycles. The summed E-state index contributed by atoms with van der Waals surface area (Å²) in [5, 5.41) is 3.25. The first-order valence-corrected chi connectivity index (χ1v) is 8.59. The van der Waals surface area contributed by atoms with E-state index < -0.39 is 5.97 Å². The number of anilines is 1. The molecule has 126 valence electrons. The molecule has 6 nitrogen and oxygen atoms in total. The normalized spacial score (nSPS) is 16.3. The maximum absolute atomic E-state index is 12.1. The third kappa shape index (κ3) is 3.41. The van der Waals surface area contributed by atoms with Gasteiger partial charge in [-0.2, -0.15) is 4.37 Å². The summed E-state index contributed by atoms with van der Waals surface area (Å²) in [6, 6.07) is 8.07. The van der Waals surface area contributed by atoms with Crippen molar-refractivity contribution in [2.75, 3.05) is 12.3 Å². The standard InChI is InChI=1S/C17H19N3O3S/c1-10-15(16(18)24-20-10)17(22)23-9-14(21)19-13-8-4-6-11-5-2-3-7-12(11)13/h2-3,5,7,13H,4,6,8-9,18H2,1H3,(H,19,21)/t13-/m1/s1. The van der Waals surface area contributed by atoms with Crippen LogP contribution in [0.15, 0.2) is 24.3 Å². The predicted octanol–water partition coefficient (Wildman–Crippen LogP) is 2.38. The lowest BCUT2D eigenvalue weighted by Gasteiger charge is -2.26. The van der Waals surface area contributed by atoms with Crippen molar-refractivity contribution in [3.8, 4) is 0 Å². The number of hydrogen-bond donors (Lipinski definition) is 2. The molecule has 0 saturated carbocycles. The smallest absolute Gasteiger partial charge is 0.343 e. The highest BCUT2D eigenvalue weighted by Gasteiger charge is 2.23. The van der Waals surface area contributed by atoms with E-state index in [-0.39, 0.29) is 24.1 Å². The highest BCUT2D eigenvalue weighted by Crippen LogP contribution is 2.29. The summed E-state index contributed by atoms with van der Waals surface area (Å²) in [5.41, 5.74) is 8.88. The molecule has 0 radical (unpaired) electrons. The summed E-state index contributed by atoms with van der Waals surface area (Å²) < 4.78 is 9.07. The Bertz CT molecular complexity index is 753. The van der Waals surface area contributed by atoms with Crippen LogP contribution in [0.4, 0.5) is 5.00 Å². The monoisotopic (exact) mass is 345 g/mol. The highest BCUT2D eigenvalue weighted by molar-refractivity contribution is 7.10. The number of nitrogen functional groups attached to an aromatic ring is 1. The molecule has 0 saturated heterocycles. The third-order valence-electron chi connectivity index (χ3n) is 4.13. The lowest BCUT2D eigenvalue weighted by molar-refractivity contribution is -0.125. The molecule has 0 unspecified atom stereocenters. The first-order valence-electron chi connectivity index (χ1n) is 7.82. The average Bonchev–Trinajstić information content (AvgIpc) is 2.92. The molecule has 0 spiro atoms. The SMILES string of the molecule is Cc1nsc(N)c1C(=O)OCC(=O)N[C@@H]1CCCc2ccccc21. The number of nitrogens with zero attached hydrogens (tertiary/aromatic N) is 1. The van der Waals surface area contributed by atoms with Gasteiger partial charge in [0.05, 0.1) is 11.7 Å². The zero-order chi connectivity index (χ0) is 17.1. The summed E-state index contributed by atoms with van der Waals surface area (Å²) >= 11 is 1.04. The fourth-order valence-corrected chi connectivity index (χ4v) is 3.63. The molecule has 1 aromatic heterocycles. The zero-order valence-corrected chi connectivity index (χ0v) is 14.2. The Hall–Kier alpha value is -2.41. The van der Waals surface area contributed by atoms with E-state index in [1.165, 1.54) is 5.56 Å². The van der Waals surface area contributed by atoms with Crippen LogP contribution in [-0.2, 0) is 16.0 Å². The number of carbonyl (C=O) groups excluding carboxylic acids is 2. The van der Waals surface area contributed by atoms with E-state index in [0.717, 1.165) is 36.4 Å². The minimum atomic E-state index is -0.613. The maximum Gasteiger partial charge on any atom is 0.343 e. The number of esters is 1. The Morgan fingerprint density at radius 3 is 2.96 bits per heavy atom. The fourth-order valence-electron chi connectivity index (χ4n) is 2.98. The number of aryl methyl sites for hydroxylation is 2. The molecule has 0 fully saturated rings. The van der Waals surface area contributed by atoms with Crippen molar-refractivity contribution in [2.45, 2.75) is 32.2 Å². The largest absolute Gasteiger partial charge is 0.452 e. The molecule has 1 aliphatic carbocycles. The molecular weight excluding hydrogens is 326 g/mol. The van der Waals surface area contributed by atoms with Crippen molar-refractivity contribution in [3.63, 3.8) is 0 Å². The van der Waals surface area contributed by atoms with Crippen LogP contribution in [-0.4, -0.2) is 22.9 Å². The molecule has 7 heteroatoms. The van der Waals surface area contributed by atoms with Crippen LogP contribution < -0.4 is 11.1 Å². The van der Waals surface area contributed by atoms with Gasteiger partial charge in [-0.15, -0.1) is 0 Å². The summed E-state index contributed by atoms with van der Waals surface area (Å²) in [4.78, 5) is 24.2. The number of amides is 1. The minimum absolute atomic E-state index is 0.0317. The topological polar surface area (TPSA) is 94.3 Å². The quantitative estimate of drug-likeness (QED) is 0.830. The molecule has 1 aliphatic rings. The van der Waals surface area contributed by atoms with E-state index in [4.69, 9.17) is 10.5 Å². The zero-order valence-electron chi connectivity index (χ0n) is 13.4. The second kappa shape index (κ2) is 7.00. The number of aromatic nitrogens is 1. The fraction of sp³-hybridized carbons (Fsp3) is 0.353. The van der Waals surface area contributed by atoms with Crippen molar-refractivity contribution in [3.05, 3.63) is 46.6 Å². The van der Waals surface area contributed by atoms with Gasteiger partial charge < -0.3 is 15.8 Å². The number of nitrogens with one attached hydrogen (secondary N) is 1. The number of carbonyl (C=O) groups is 2. The average molecular weight is 345 g/mol. The van der Waals surface area contributed by atoms with Crippen LogP contribution in [0.2, 0.25) is 0 Å². The van der Waals surface area contributed by atoms with Gasteiger partial charge in [0.1, 0.15) is 10.6 Å². The summed E-state index contributed by atoms with van der Waals surface area (Å²) in [7, 11) is 0. The Kier molecular flexibility index (Phi) is 4.80. The molecule has 0 bridgehead atoms. The van der Waals surface area contributed by atoms with Gasteiger partial charge in [-0.1, -0.05) is 24.3 Å². The van der Waals surface area contributed by atoms with Gasteiger partial charge in [-0.25, -0.2) is 4.79 Å². The molecule has 3 rings (SSSR count). The Labute approximate surface area is 144 Å². The molecule has 1 heterocycles. The first-order chi connectivity index (χ1) is 11.6. The van der Waals surface area contributed by atoms with Crippen LogP contribution in [0.5, 0.6) is 0 Å². The molecule has 3 N–H and O–H groups in total. The summed E-state index contributed by atoms with van der Waals surface area (Å²) in [6.45, 7) is 1.36. The molecule has 24 heavy (non-hydrogen) atoms. The molecule has 2 aromatic rings. The Morgan fingerprint density at radius 1 is 1.42 bits per heavy atom. The first kappa shape index (κ1) is 16.4. The van der Waals surface area contributed by atoms with Gasteiger partial charge in [0.2, 0.25) is 0 Å². The van der Waals surface area contributed by atoms with Crippen molar-refractivity contribution >= 4 is 28.4 Å². The number of benzene rings is 1. The Balaban J connectivity index is 1.58. The van der Waals surface area contributed by atoms with Crippen molar-refractivity contribution in [1.82, 2.24) is 9.69 Å². The third-order valence-corrected chi connectivity index (χ3v) is 4.90. The van der Waals surface area contributed by atoms with Crippen LogP contribution in [0.3, 0.4) is 0 Å². The number of fused-ring (bicyclic) bond motifs is 1. The second-order valence-corrected chi connectivity index (χ2v) is 6.60. The van der Waals surface area contributed by atoms with Crippen molar-refractivity contribution in [2.24, 2.45) is 0 Å². The lowest BCUT2D eigenvalue weighted by atomic mass is 9.88. The van der Waals surface area contributed by atoms with E-state index >= 15 is 0 Å². The molecule has 1 aromatic carbocycles. The van der Waals surface area contributed by atoms with E-state index in [1.54, 1.807) is 6.92 Å². The summed E-state index contributed by atoms with van der Waals surface area (Å²) in [5.74, 6) is -0.928. The van der Waals surface area contributed by atoms with E-state index in [9.17, 15) is 9.59 Å². The summed E-state index contributed by atoms with van der Waals surface area (Å²) in [6.07, 6.45) is 2.94. The van der Waals surface area contributed by atoms with Gasteiger partial charge in [-0.05, 0) is 48.8 Å². The van der Waals surface area contributed by atoms with Gasteiger partial charge in [0.25, 0.3) is 5.91 Å². The molecular formula is C17H19N3O3S. The van der Waals surface area contributed by atoms with Crippen molar-refractivity contribution < 1.29 is 14.3 Å². The molecule has 1 amide bonds. The maximum atomic E-state index is 12.1. The van der Waals surface area contributed by atoms with Crippen LogP contribution in [0.1, 0.15) is 46.1 Å². The van der Waals surface area contributed by atoms with Crippen LogP contribution in [0.25, 0.3) is 0 Å².